The van der Waals surface area contributed by atoms with E-state index in [-0.39, 0.29) is 18.1 Å². The minimum absolute atomic E-state index is 0.167. The van der Waals surface area contributed by atoms with E-state index in [1.165, 1.54) is 6.08 Å². The van der Waals surface area contributed by atoms with Gasteiger partial charge in [-0.3, -0.25) is 4.79 Å². The third-order valence-electron chi connectivity index (χ3n) is 9.41. The van der Waals surface area contributed by atoms with Crippen LogP contribution in [0.2, 0.25) is 0 Å². The molecule has 2 heterocycles. The first-order valence-electron chi connectivity index (χ1n) is 12.6. The number of allylic oxidation sites excluding steroid dienone is 1. The summed E-state index contributed by atoms with van der Waals surface area (Å²) in [5.41, 5.74) is -2.29. The van der Waals surface area contributed by atoms with E-state index in [0.29, 0.717) is 18.6 Å². The van der Waals surface area contributed by atoms with Gasteiger partial charge in [-0.1, -0.05) is 54.5 Å². The van der Waals surface area contributed by atoms with Crippen molar-refractivity contribution in [1.29, 1.82) is 0 Å². The number of carbonyl (C=O) groups is 2. The van der Waals surface area contributed by atoms with E-state index < -0.39 is 34.6 Å². The molecule has 2 aliphatic carbocycles. The third-order valence-corrected chi connectivity index (χ3v) is 9.41. The standard InChI is InChI=1S/C30H27NO5/c1-17-10-11-23-26(28(2)25(32)12-13-30(17,28)34)35-27(33)29(23)16-24(31-36-29)21-9-5-8-20-14-18-6-3-4-7-19(18)15-22(20)21/h3-9,12-15,17,23,26,34H,10-11,16H2,1-2H3/t17-,23+,26+,28-,29?,30+/m0/s1. The number of benzene rings is 3. The molecular weight excluding hydrogens is 454 g/mol. The molecule has 0 aromatic heterocycles. The topological polar surface area (TPSA) is 85.2 Å². The number of hydrogen-bond donors (Lipinski definition) is 1. The smallest absolute Gasteiger partial charge is 0.354 e. The van der Waals surface area contributed by atoms with Gasteiger partial charge in [0.25, 0.3) is 0 Å². The first-order valence-corrected chi connectivity index (χ1v) is 12.6. The lowest BCUT2D eigenvalue weighted by Crippen LogP contribution is -2.57. The molecule has 4 aliphatic rings. The van der Waals surface area contributed by atoms with Crippen LogP contribution in [0.5, 0.6) is 0 Å². The molecule has 1 unspecified atom stereocenters. The minimum atomic E-state index is -1.37. The number of fused-ring (bicyclic) bond motifs is 6. The highest BCUT2D eigenvalue weighted by Gasteiger charge is 2.73. The van der Waals surface area contributed by atoms with Crippen molar-refractivity contribution in [1.82, 2.24) is 0 Å². The number of hydrogen-bond acceptors (Lipinski definition) is 6. The van der Waals surface area contributed by atoms with Gasteiger partial charge >= 0.3 is 5.97 Å². The second-order valence-corrected chi connectivity index (χ2v) is 11.1. The summed E-state index contributed by atoms with van der Waals surface area (Å²) in [6, 6.07) is 18.6. The van der Waals surface area contributed by atoms with E-state index in [1.54, 1.807) is 13.0 Å². The zero-order valence-corrected chi connectivity index (χ0v) is 20.2. The van der Waals surface area contributed by atoms with Crippen LogP contribution in [0.25, 0.3) is 21.5 Å². The largest absolute Gasteiger partial charge is 0.458 e. The molecule has 182 valence electrons. The number of rotatable bonds is 1. The van der Waals surface area contributed by atoms with Crippen molar-refractivity contribution in [2.45, 2.75) is 50.4 Å². The lowest BCUT2D eigenvalue weighted by Gasteiger charge is -2.43. The molecule has 6 nitrogen and oxygen atoms in total. The van der Waals surface area contributed by atoms with Crippen LogP contribution in [0, 0.1) is 17.3 Å². The van der Waals surface area contributed by atoms with Crippen LogP contribution in [-0.2, 0) is 19.2 Å². The second kappa shape index (κ2) is 7.04. The Morgan fingerprint density at radius 2 is 1.75 bits per heavy atom. The Morgan fingerprint density at radius 1 is 1.00 bits per heavy atom. The number of nitrogens with zero attached hydrogens (tertiary/aromatic N) is 1. The highest BCUT2D eigenvalue weighted by atomic mass is 16.7. The van der Waals surface area contributed by atoms with Gasteiger partial charge < -0.3 is 14.7 Å². The second-order valence-electron chi connectivity index (χ2n) is 11.1. The normalized spacial score (nSPS) is 37.1. The zero-order valence-electron chi connectivity index (χ0n) is 20.2. The van der Waals surface area contributed by atoms with Gasteiger partial charge in [0.1, 0.15) is 17.1 Å². The fourth-order valence-corrected chi connectivity index (χ4v) is 7.16. The Labute approximate surface area is 208 Å². The molecule has 2 fully saturated rings. The van der Waals surface area contributed by atoms with Crippen LogP contribution in [0.4, 0.5) is 0 Å². The molecule has 7 rings (SSSR count). The molecule has 1 spiro atoms. The van der Waals surface area contributed by atoms with Gasteiger partial charge in [0.15, 0.2) is 5.78 Å². The van der Waals surface area contributed by atoms with E-state index in [9.17, 15) is 14.7 Å². The fourth-order valence-electron chi connectivity index (χ4n) is 7.16. The summed E-state index contributed by atoms with van der Waals surface area (Å²) in [6.07, 6.45) is 3.76. The molecule has 0 amide bonds. The van der Waals surface area contributed by atoms with E-state index in [4.69, 9.17) is 9.57 Å². The van der Waals surface area contributed by atoms with Crippen molar-refractivity contribution in [3.8, 4) is 0 Å². The molecular formula is C30H27NO5. The number of aliphatic hydroxyl groups is 1. The molecule has 6 heteroatoms. The molecule has 1 N–H and O–H groups in total. The lowest BCUT2D eigenvalue weighted by atomic mass is 9.63. The summed E-state index contributed by atoms with van der Waals surface area (Å²) in [4.78, 5) is 32.6. The maximum absolute atomic E-state index is 13.5. The summed E-state index contributed by atoms with van der Waals surface area (Å²) in [5.74, 6) is -1.27. The van der Waals surface area contributed by atoms with Gasteiger partial charge in [0, 0.05) is 12.0 Å². The third kappa shape index (κ3) is 2.52. The Hall–Kier alpha value is -3.51. The molecule has 1 saturated heterocycles. The lowest BCUT2D eigenvalue weighted by molar-refractivity contribution is -0.169. The van der Waals surface area contributed by atoms with Gasteiger partial charge in [0.2, 0.25) is 5.60 Å². The summed E-state index contributed by atoms with van der Waals surface area (Å²) in [5, 5.41) is 20.5. The Morgan fingerprint density at radius 3 is 2.56 bits per heavy atom. The quantitative estimate of drug-likeness (QED) is 0.402. The van der Waals surface area contributed by atoms with Crippen molar-refractivity contribution in [2.75, 3.05) is 0 Å². The highest BCUT2D eigenvalue weighted by molar-refractivity contribution is 6.15. The SMILES string of the molecule is C[C@H]1CC[C@@H]2[C@@H](OC(=O)C23CC(c2cccc4cc5ccccc5cc24)=NO3)[C@]2(C)C(=O)C=C[C@@]12O. The molecule has 3 aromatic rings. The molecule has 0 bridgehead atoms. The van der Waals surface area contributed by atoms with E-state index in [0.717, 1.165) is 27.1 Å². The monoisotopic (exact) mass is 481 g/mol. The van der Waals surface area contributed by atoms with Crippen LogP contribution in [0.15, 0.2) is 71.9 Å². The number of ether oxygens (including phenoxy) is 1. The van der Waals surface area contributed by atoms with Crippen molar-refractivity contribution >= 4 is 39.0 Å². The van der Waals surface area contributed by atoms with E-state index in [2.05, 4.69) is 35.5 Å². The highest BCUT2D eigenvalue weighted by Crippen LogP contribution is 2.59. The van der Waals surface area contributed by atoms with Crippen molar-refractivity contribution < 1.29 is 24.3 Å². The predicted octanol–water partition coefficient (Wildman–Crippen LogP) is 4.70. The summed E-state index contributed by atoms with van der Waals surface area (Å²) < 4.78 is 5.96. The van der Waals surface area contributed by atoms with Crippen LogP contribution in [0.1, 0.15) is 38.7 Å². The summed E-state index contributed by atoms with van der Waals surface area (Å²) >= 11 is 0. The fraction of sp³-hybridized carbons (Fsp3) is 0.367. The van der Waals surface area contributed by atoms with E-state index in [1.807, 2.05) is 31.2 Å². The van der Waals surface area contributed by atoms with Gasteiger partial charge in [-0.25, -0.2) is 4.79 Å². The molecule has 0 radical (unpaired) electrons. The number of carbonyl (C=O) groups excluding carboxylic acids is 2. The average molecular weight is 482 g/mol. The Kier molecular flexibility index (Phi) is 4.25. The van der Waals surface area contributed by atoms with E-state index >= 15 is 0 Å². The number of esters is 1. The molecule has 2 aliphatic heterocycles. The Balaban J connectivity index is 1.30. The summed E-state index contributed by atoms with van der Waals surface area (Å²) in [6.45, 7) is 3.68. The minimum Gasteiger partial charge on any atom is -0.458 e. The van der Waals surface area contributed by atoms with Crippen LogP contribution < -0.4 is 0 Å². The van der Waals surface area contributed by atoms with Crippen molar-refractivity contribution in [3.63, 3.8) is 0 Å². The first kappa shape index (κ1) is 21.7. The van der Waals surface area contributed by atoms with Crippen LogP contribution >= 0.6 is 0 Å². The molecule has 36 heavy (non-hydrogen) atoms. The van der Waals surface area contributed by atoms with Crippen molar-refractivity contribution in [2.24, 2.45) is 22.4 Å². The van der Waals surface area contributed by atoms with Gasteiger partial charge in [-0.05, 0) is 71.5 Å². The maximum atomic E-state index is 13.5. The number of oxime groups is 1. The molecule has 1 saturated carbocycles. The average Bonchev–Trinajstić information content (AvgIpc) is 3.50. The Bertz CT molecular complexity index is 1540. The van der Waals surface area contributed by atoms with Crippen LogP contribution in [-0.4, -0.2) is 39.9 Å². The van der Waals surface area contributed by atoms with Crippen molar-refractivity contribution in [3.05, 3.63) is 72.3 Å². The first-order chi connectivity index (χ1) is 17.3. The van der Waals surface area contributed by atoms with Gasteiger partial charge in [-0.15, -0.1) is 0 Å². The zero-order chi connectivity index (χ0) is 24.9. The maximum Gasteiger partial charge on any atom is 0.354 e. The van der Waals surface area contributed by atoms with Gasteiger partial charge in [0.05, 0.1) is 11.6 Å². The summed E-state index contributed by atoms with van der Waals surface area (Å²) in [7, 11) is 0. The number of ketones is 1. The van der Waals surface area contributed by atoms with Crippen LogP contribution in [0.3, 0.4) is 0 Å². The van der Waals surface area contributed by atoms with Gasteiger partial charge in [-0.2, -0.15) is 0 Å². The molecule has 6 atom stereocenters. The predicted molar refractivity (Wildman–Crippen MR) is 135 cm³/mol. The molecule has 3 aromatic carbocycles.